The van der Waals surface area contributed by atoms with Crippen molar-refractivity contribution in [1.82, 2.24) is 10.4 Å². The summed E-state index contributed by atoms with van der Waals surface area (Å²) in [5.41, 5.74) is 9.96. The van der Waals surface area contributed by atoms with Gasteiger partial charge in [0.2, 0.25) is 5.96 Å². The van der Waals surface area contributed by atoms with Crippen molar-refractivity contribution >= 4 is 12.3 Å². The molecule has 0 spiro atoms. The predicted octanol–water partition coefficient (Wildman–Crippen LogP) is -0.217. The number of nitrogens with zero attached hydrogens (tertiary/aromatic N) is 3. The van der Waals surface area contributed by atoms with Crippen molar-refractivity contribution in [3.63, 3.8) is 0 Å². The van der Waals surface area contributed by atoms with Gasteiger partial charge in [-0.1, -0.05) is 0 Å². The average Bonchev–Trinajstić information content (AvgIpc) is 2.32. The van der Waals surface area contributed by atoms with Crippen LogP contribution in [-0.4, -0.2) is 23.3 Å². The maximum atomic E-state index is 5.63. The fourth-order valence-corrected chi connectivity index (χ4v) is 1.26. The minimum absolute atomic E-state index is 0.281. The number of hydrogen-bond acceptors (Lipinski definition) is 5. The molecule has 0 fully saturated rings. The summed E-state index contributed by atoms with van der Waals surface area (Å²) in [6.45, 7) is 4.09. The first-order valence-electron chi connectivity index (χ1n) is 3.83. The normalized spacial score (nSPS) is 27.7. The van der Waals surface area contributed by atoms with Crippen molar-refractivity contribution in [2.75, 3.05) is 0 Å². The zero-order chi connectivity index (χ0) is 8.72. The standard InChI is InChI=1S/C7H11N5/c1-4-5(2)11-12-6(4)9-3-10-7(12)8/h3,5,11H,1-2H3,(H2,8,9,10). The van der Waals surface area contributed by atoms with Gasteiger partial charge in [0.25, 0.3) is 0 Å². The molecule has 1 unspecified atom stereocenters. The maximum Gasteiger partial charge on any atom is 0.218 e. The predicted molar refractivity (Wildman–Crippen MR) is 47.3 cm³/mol. The van der Waals surface area contributed by atoms with Crippen molar-refractivity contribution in [3.8, 4) is 0 Å². The SMILES string of the molecule is CC1=C2N=CN=C(N)N2NC1C. The zero-order valence-corrected chi connectivity index (χ0v) is 7.07. The van der Waals surface area contributed by atoms with Gasteiger partial charge in [-0.25, -0.2) is 20.4 Å². The Kier molecular flexibility index (Phi) is 1.41. The van der Waals surface area contributed by atoms with Gasteiger partial charge < -0.3 is 5.73 Å². The minimum atomic E-state index is 0.281. The lowest BCUT2D eigenvalue weighted by Crippen LogP contribution is -2.45. The van der Waals surface area contributed by atoms with E-state index in [0.717, 1.165) is 5.82 Å². The molecule has 0 radical (unpaired) electrons. The lowest BCUT2D eigenvalue weighted by molar-refractivity contribution is 0.382. The van der Waals surface area contributed by atoms with Crippen molar-refractivity contribution in [3.05, 3.63) is 11.4 Å². The van der Waals surface area contributed by atoms with E-state index in [2.05, 4.69) is 22.3 Å². The van der Waals surface area contributed by atoms with Gasteiger partial charge in [0.15, 0.2) is 5.82 Å². The number of guanidine groups is 1. The molecule has 2 heterocycles. The number of hydrogen-bond donors (Lipinski definition) is 2. The third kappa shape index (κ3) is 0.831. The van der Waals surface area contributed by atoms with E-state index in [1.165, 1.54) is 11.9 Å². The van der Waals surface area contributed by atoms with Crippen LogP contribution in [0.2, 0.25) is 0 Å². The molecule has 0 aromatic carbocycles. The molecule has 0 saturated carbocycles. The Balaban J connectivity index is 2.42. The largest absolute Gasteiger partial charge is 0.368 e. The molecule has 5 nitrogen and oxygen atoms in total. The molecular weight excluding hydrogens is 154 g/mol. The second-order valence-corrected chi connectivity index (χ2v) is 2.92. The van der Waals surface area contributed by atoms with Crippen LogP contribution in [0.25, 0.3) is 0 Å². The molecule has 0 aliphatic carbocycles. The third-order valence-electron chi connectivity index (χ3n) is 2.14. The van der Waals surface area contributed by atoms with Gasteiger partial charge in [-0.15, -0.1) is 0 Å². The number of fused-ring (bicyclic) bond motifs is 1. The number of rotatable bonds is 0. The van der Waals surface area contributed by atoms with Crippen LogP contribution in [0.15, 0.2) is 21.4 Å². The van der Waals surface area contributed by atoms with Crippen LogP contribution >= 0.6 is 0 Å². The first-order chi connectivity index (χ1) is 5.70. The summed E-state index contributed by atoms with van der Waals surface area (Å²) < 4.78 is 0. The molecular formula is C7H11N5. The summed E-state index contributed by atoms with van der Waals surface area (Å²) in [7, 11) is 0. The van der Waals surface area contributed by atoms with E-state index in [1.54, 1.807) is 5.01 Å². The molecule has 2 aliphatic heterocycles. The quantitative estimate of drug-likeness (QED) is 0.521. The molecule has 0 aromatic rings. The Labute approximate surface area is 70.6 Å². The zero-order valence-electron chi connectivity index (χ0n) is 7.07. The molecule has 64 valence electrons. The summed E-state index contributed by atoms with van der Waals surface area (Å²) in [4.78, 5) is 8.00. The Bertz CT molecular complexity index is 301. The smallest absolute Gasteiger partial charge is 0.218 e. The first kappa shape index (κ1) is 7.30. The van der Waals surface area contributed by atoms with Crippen LogP contribution in [0, 0.1) is 0 Å². The topological polar surface area (TPSA) is 66.0 Å². The van der Waals surface area contributed by atoms with E-state index < -0.39 is 0 Å². The van der Waals surface area contributed by atoms with Crippen LogP contribution in [0.4, 0.5) is 0 Å². The second kappa shape index (κ2) is 2.31. The summed E-state index contributed by atoms with van der Waals surface area (Å²) in [6.07, 6.45) is 1.48. The highest BCUT2D eigenvalue weighted by molar-refractivity contribution is 5.89. The summed E-state index contributed by atoms with van der Waals surface area (Å²) >= 11 is 0. The van der Waals surface area contributed by atoms with E-state index >= 15 is 0 Å². The lowest BCUT2D eigenvalue weighted by Gasteiger charge is -2.20. The molecule has 1 atom stereocenters. The third-order valence-corrected chi connectivity index (χ3v) is 2.14. The molecule has 12 heavy (non-hydrogen) atoms. The maximum absolute atomic E-state index is 5.63. The number of nitrogens with one attached hydrogen (secondary N) is 1. The Hall–Kier alpha value is -1.36. The highest BCUT2D eigenvalue weighted by Crippen LogP contribution is 2.21. The van der Waals surface area contributed by atoms with Gasteiger partial charge in [0.05, 0.1) is 0 Å². The molecule has 0 bridgehead atoms. The van der Waals surface area contributed by atoms with E-state index in [1.807, 2.05) is 6.92 Å². The average molecular weight is 165 g/mol. The second-order valence-electron chi connectivity index (χ2n) is 2.92. The minimum Gasteiger partial charge on any atom is -0.368 e. The highest BCUT2D eigenvalue weighted by Gasteiger charge is 2.28. The first-order valence-corrected chi connectivity index (χ1v) is 3.83. The van der Waals surface area contributed by atoms with Crippen molar-refractivity contribution in [1.29, 1.82) is 0 Å². The molecule has 2 rings (SSSR count). The molecule has 0 saturated heterocycles. The molecule has 5 heteroatoms. The van der Waals surface area contributed by atoms with E-state index in [4.69, 9.17) is 5.73 Å². The molecule has 0 aromatic heterocycles. The number of nitrogens with two attached hydrogens (primary N) is 1. The van der Waals surface area contributed by atoms with Crippen LogP contribution in [0.5, 0.6) is 0 Å². The van der Waals surface area contributed by atoms with Crippen molar-refractivity contribution in [2.24, 2.45) is 15.7 Å². The summed E-state index contributed by atoms with van der Waals surface area (Å²) in [5, 5.41) is 1.71. The fraction of sp³-hybridized carbons (Fsp3) is 0.429. The Morgan fingerprint density at radius 1 is 1.67 bits per heavy atom. The van der Waals surface area contributed by atoms with Gasteiger partial charge in [0, 0.05) is 6.04 Å². The lowest BCUT2D eigenvalue weighted by atomic mass is 10.2. The molecule has 0 amide bonds. The van der Waals surface area contributed by atoms with Crippen LogP contribution in [-0.2, 0) is 0 Å². The van der Waals surface area contributed by atoms with Gasteiger partial charge >= 0.3 is 0 Å². The van der Waals surface area contributed by atoms with Gasteiger partial charge in [-0.2, -0.15) is 0 Å². The number of aliphatic imine (C=N–C) groups is 2. The number of hydrazine groups is 1. The highest BCUT2D eigenvalue weighted by atomic mass is 15.6. The van der Waals surface area contributed by atoms with Gasteiger partial charge in [-0.05, 0) is 19.4 Å². The fourth-order valence-electron chi connectivity index (χ4n) is 1.26. The van der Waals surface area contributed by atoms with Crippen LogP contribution in [0.3, 0.4) is 0 Å². The summed E-state index contributed by atoms with van der Waals surface area (Å²) in [6, 6.07) is 0.281. The van der Waals surface area contributed by atoms with Crippen molar-refractivity contribution < 1.29 is 0 Å². The monoisotopic (exact) mass is 165 g/mol. The van der Waals surface area contributed by atoms with Crippen LogP contribution < -0.4 is 11.2 Å². The Morgan fingerprint density at radius 2 is 2.42 bits per heavy atom. The van der Waals surface area contributed by atoms with E-state index in [0.29, 0.717) is 5.96 Å². The Morgan fingerprint density at radius 3 is 3.08 bits per heavy atom. The molecule has 3 N–H and O–H groups in total. The van der Waals surface area contributed by atoms with Gasteiger partial charge in [-0.3, -0.25) is 0 Å². The van der Waals surface area contributed by atoms with Gasteiger partial charge in [0.1, 0.15) is 6.34 Å². The van der Waals surface area contributed by atoms with E-state index in [9.17, 15) is 0 Å². The molecule has 2 aliphatic rings. The van der Waals surface area contributed by atoms with E-state index in [-0.39, 0.29) is 6.04 Å². The summed E-state index contributed by atoms with van der Waals surface area (Å²) in [5.74, 6) is 1.32. The van der Waals surface area contributed by atoms with Crippen LogP contribution in [0.1, 0.15) is 13.8 Å². The van der Waals surface area contributed by atoms with Crippen molar-refractivity contribution in [2.45, 2.75) is 19.9 Å².